The Hall–Kier alpha value is -2.78. The van der Waals surface area contributed by atoms with Crippen LogP contribution < -0.4 is 4.72 Å². The van der Waals surface area contributed by atoms with Crippen molar-refractivity contribution in [2.75, 3.05) is 19.6 Å². The Labute approximate surface area is 238 Å². The quantitative estimate of drug-likeness (QED) is 0.418. The third kappa shape index (κ3) is 5.07. The fourth-order valence-corrected chi connectivity index (χ4v) is 7.87. The minimum atomic E-state index is -3.76. The molecule has 6 rings (SSSR count). The topological polar surface area (TPSA) is 95.7 Å². The van der Waals surface area contributed by atoms with E-state index in [2.05, 4.69) is 14.8 Å². The molecule has 0 saturated carbocycles. The highest BCUT2D eigenvalue weighted by atomic mass is 35.5. The van der Waals surface area contributed by atoms with Gasteiger partial charge in [-0.05, 0) is 30.5 Å². The molecule has 3 aliphatic rings. The van der Waals surface area contributed by atoms with Gasteiger partial charge in [-0.3, -0.25) is 4.99 Å². The average molecular weight is 612 g/mol. The van der Waals surface area contributed by atoms with Crippen LogP contribution in [0.15, 0.2) is 52.7 Å². The first-order valence-corrected chi connectivity index (χ1v) is 15.3. The number of halogens is 4. The molecule has 3 aromatic rings. The lowest BCUT2D eigenvalue weighted by molar-refractivity contribution is 0.0564. The fourth-order valence-electron chi connectivity index (χ4n) is 5.43. The molecule has 0 amide bonds. The standard InChI is InChI=1S/C25H25ClF3N7O2S2/c1-14-4-7-34(12-14)40(37,38)33-16-11-20-21(19-5-8-36(32-19)25(28)29)22(17-3-2-15(27)10-18(17)26)31-23(35(20)13-16)24-30-6-9-39-24/h2-3,5-6,8-10,14,16,22,25,33H,4,7,11-13H2,1H3/t14-,16+,22+/m1/s1. The lowest BCUT2D eigenvalue weighted by atomic mass is 9.92. The van der Waals surface area contributed by atoms with Crippen LogP contribution >= 0.6 is 22.9 Å². The molecule has 212 valence electrons. The first kappa shape index (κ1) is 27.4. The van der Waals surface area contributed by atoms with Gasteiger partial charge in [-0.25, -0.2) is 14.1 Å². The lowest BCUT2D eigenvalue weighted by Crippen LogP contribution is -2.45. The molecule has 0 spiro atoms. The van der Waals surface area contributed by atoms with Gasteiger partial charge in [0.05, 0.1) is 5.69 Å². The van der Waals surface area contributed by atoms with E-state index in [4.69, 9.17) is 16.6 Å². The average Bonchev–Trinajstić information content (AvgIpc) is 3.69. The molecular formula is C25H25ClF3N7O2S2. The molecule has 3 atom stereocenters. The highest BCUT2D eigenvalue weighted by molar-refractivity contribution is 7.87. The number of benzene rings is 1. The Kier molecular flexibility index (Phi) is 7.23. The van der Waals surface area contributed by atoms with Gasteiger partial charge in [0.1, 0.15) is 11.9 Å². The number of fused-ring (bicyclic) bond motifs is 1. The normalized spacial score (nSPS) is 23.8. The predicted octanol–water partition coefficient (Wildman–Crippen LogP) is 4.69. The summed E-state index contributed by atoms with van der Waals surface area (Å²) in [6.45, 7) is 0.301. The number of nitrogens with zero attached hydrogens (tertiary/aromatic N) is 6. The van der Waals surface area contributed by atoms with E-state index in [1.807, 2.05) is 11.8 Å². The van der Waals surface area contributed by atoms with Gasteiger partial charge < -0.3 is 4.90 Å². The van der Waals surface area contributed by atoms with E-state index < -0.39 is 34.7 Å². The van der Waals surface area contributed by atoms with Crippen LogP contribution in [0.1, 0.15) is 48.6 Å². The second kappa shape index (κ2) is 10.6. The maximum absolute atomic E-state index is 14.0. The van der Waals surface area contributed by atoms with Gasteiger partial charge >= 0.3 is 6.55 Å². The molecule has 0 unspecified atom stereocenters. The predicted molar refractivity (Wildman–Crippen MR) is 146 cm³/mol. The summed E-state index contributed by atoms with van der Waals surface area (Å²) in [4.78, 5) is 11.2. The van der Waals surface area contributed by atoms with Crippen molar-refractivity contribution in [3.05, 3.63) is 74.8 Å². The zero-order valence-electron chi connectivity index (χ0n) is 21.2. The Morgan fingerprint density at radius 1 is 1.23 bits per heavy atom. The highest BCUT2D eigenvalue weighted by Crippen LogP contribution is 2.46. The van der Waals surface area contributed by atoms with E-state index in [0.29, 0.717) is 45.4 Å². The number of nitrogens with one attached hydrogen (secondary N) is 1. The second-order valence-corrected chi connectivity index (χ2v) is 13.1. The summed E-state index contributed by atoms with van der Waals surface area (Å²) in [7, 11) is -3.76. The zero-order chi connectivity index (χ0) is 28.2. The molecule has 0 bridgehead atoms. The zero-order valence-corrected chi connectivity index (χ0v) is 23.6. The van der Waals surface area contributed by atoms with Crippen LogP contribution in [0.25, 0.3) is 5.57 Å². The monoisotopic (exact) mass is 611 g/mol. The van der Waals surface area contributed by atoms with E-state index in [9.17, 15) is 21.6 Å². The van der Waals surface area contributed by atoms with E-state index >= 15 is 0 Å². The second-order valence-electron chi connectivity index (χ2n) is 10.1. The van der Waals surface area contributed by atoms with Gasteiger partial charge in [-0.1, -0.05) is 24.6 Å². The SMILES string of the molecule is C[C@@H]1CCN(S(=O)(=O)N[C@H]2CC3=C(c4ccn(C(F)F)n4)[C@H](c4ccc(F)cc4Cl)N=C(c4nccs4)N3C2)C1. The van der Waals surface area contributed by atoms with Crippen molar-refractivity contribution < 1.29 is 21.6 Å². The van der Waals surface area contributed by atoms with Gasteiger partial charge in [-0.15, -0.1) is 11.3 Å². The van der Waals surface area contributed by atoms with Gasteiger partial charge in [0, 0.05) is 71.7 Å². The molecule has 2 saturated heterocycles. The van der Waals surface area contributed by atoms with Crippen molar-refractivity contribution in [3.63, 3.8) is 0 Å². The molecular weight excluding hydrogens is 587 g/mol. The Bertz CT molecular complexity index is 1590. The van der Waals surface area contributed by atoms with E-state index in [1.54, 1.807) is 11.6 Å². The minimum Gasteiger partial charge on any atom is -0.326 e. The third-order valence-electron chi connectivity index (χ3n) is 7.27. The van der Waals surface area contributed by atoms with Crippen molar-refractivity contribution >= 4 is 44.6 Å². The van der Waals surface area contributed by atoms with Crippen LogP contribution in [-0.2, 0) is 10.2 Å². The summed E-state index contributed by atoms with van der Waals surface area (Å²) in [5.74, 6) is 0.234. The minimum absolute atomic E-state index is 0.116. The van der Waals surface area contributed by atoms with Crippen molar-refractivity contribution in [3.8, 4) is 0 Å². The van der Waals surface area contributed by atoms with Gasteiger partial charge in [0.25, 0.3) is 10.2 Å². The molecule has 5 heterocycles. The van der Waals surface area contributed by atoms with Crippen molar-refractivity contribution in [1.29, 1.82) is 0 Å². The number of aliphatic imine (C=N–C) groups is 1. The first-order valence-electron chi connectivity index (χ1n) is 12.6. The number of thiazole rings is 1. The molecule has 3 aliphatic heterocycles. The van der Waals surface area contributed by atoms with E-state index in [0.717, 1.165) is 6.42 Å². The van der Waals surface area contributed by atoms with Gasteiger partial charge in [0.2, 0.25) is 0 Å². The number of hydrogen-bond acceptors (Lipinski definition) is 7. The van der Waals surface area contributed by atoms with Crippen LogP contribution in [0.5, 0.6) is 0 Å². The van der Waals surface area contributed by atoms with Crippen LogP contribution in [0.4, 0.5) is 13.2 Å². The third-order valence-corrected chi connectivity index (χ3v) is 10.0. The first-order chi connectivity index (χ1) is 19.1. The maximum Gasteiger partial charge on any atom is 0.333 e. The number of amidine groups is 1. The summed E-state index contributed by atoms with van der Waals surface area (Å²) in [6, 6.07) is 4.04. The Morgan fingerprint density at radius 2 is 2.05 bits per heavy atom. The van der Waals surface area contributed by atoms with Crippen molar-refractivity contribution in [2.45, 2.75) is 38.4 Å². The fraction of sp³-hybridized carbons (Fsp3) is 0.400. The number of rotatable bonds is 7. The smallest absolute Gasteiger partial charge is 0.326 e. The Morgan fingerprint density at radius 3 is 2.70 bits per heavy atom. The van der Waals surface area contributed by atoms with E-state index in [-0.39, 0.29) is 29.6 Å². The Balaban J connectivity index is 1.47. The van der Waals surface area contributed by atoms with Gasteiger partial charge in [-0.2, -0.15) is 31.3 Å². The summed E-state index contributed by atoms with van der Waals surface area (Å²) in [5.41, 5.74) is 1.85. The van der Waals surface area contributed by atoms with Crippen LogP contribution in [0.2, 0.25) is 5.02 Å². The summed E-state index contributed by atoms with van der Waals surface area (Å²) >= 11 is 7.84. The molecule has 1 N–H and O–H groups in total. The van der Waals surface area contributed by atoms with Crippen LogP contribution in [0.3, 0.4) is 0 Å². The molecule has 0 radical (unpaired) electrons. The molecule has 9 nitrogen and oxygen atoms in total. The van der Waals surface area contributed by atoms with Crippen LogP contribution in [-0.4, -0.2) is 63.9 Å². The summed E-state index contributed by atoms with van der Waals surface area (Å²) < 4.78 is 72.3. The lowest BCUT2D eigenvalue weighted by Gasteiger charge is -2.32. The molecule has 0 aliphatic carbocycles. The molecule has 40 heavy (non-hydrogen) atoms. The number of hydrogen-bond donors (Lipinski definition) is 1. The largest absolute Gasteiger partial charge is 0.333 e. The van der Waals surface area contributed by atoms with E-state index in [1.165, 1.54) is 46.1 Å². The maximum atomic E-state index is 14.0. The van der Waals surface area contributed by atoms with Crippen molar-refractivity contribution in [2.24, 2.45) is 10.9 Å². The number of aromatic nitrogens is 3. The molecule has 2 fully saturated rings. The summed E-state index contributed by atoms with van der Waals surface area (Å²) in [6.07, 6.45) is 3.85. The molecule has 15 heteroatoms. The van der Waals surface area contributed by atoms with Gasteiger partial charge in [0.15, 0.2) is 10.8 Å². The summed E-state index contributed by atoms with van der Waals surface area (Å²) in [5, 5.41) is 6.62. The molecule has 1 aromatic carbocycles. The highest BCUT2D eigenvalue weighted by Gasteiger charge is 2.43. The molecule has 2 aromatic heterocycles. The van der Waals surface area contributed by atoms with Crippen molar-refractivity contribution in [1.82, 2.24) is 28.7 Å². The van der Waals surface area contributed by atoms with Crippen LogP contribution in [0, 0.1) is 11.7 Å². The number of alkyl halides is 2.